The first-order valence-corrected chi connectivity index (χ1v) is 8.34. The van der Waals surface area contributed by atoms with Crippen molar-refractivity contribution in [2.24, 2.45) is 0 Å². The molecule has 1 heterocycles. The Hall–Kier alpha value is -2.33. The van der Waals surface area contributed by atoms with Gasteiger partial charge < -0.3 is 9.47 Å². The zero-order valence-electron chi connectivity index (χ0n) is 14.0. The number of aldehydes is 1. The molecule has 0 amide bonds. The van der Waals surface area contributed by atoms with E-state index in [0.29, 0.717) is 17.1 Å². The highest BCUT2D eigenvalue weighted by atomic mass is 16.5. The molecule has 0 aliphatic carbocycles. The van der Waals surface area contributed by atoms with Crippen LogP contribution in [0.5, 0.6) is 11.5 Å². The van der Waals surface area contributed by atoms with Crippen molar-refractivity contribution in [1.82, 2.24) is 4.90 Å². The Labute approximate surface area is 143 Å². The minimum absolute atomic E-state index is 0.160. The molecule has 0 aromatic heterocycles. The van der Waals surface area contributed by atoms with E-state index >= 15 is 0 Å². The molecule has 0 saturated carbocycles. The number of nitrogens with zero attached hydrogens (tertiary/aromatic N) is 1. The minimum atomic E-state index is 0.160. The highest BCUT2D eigenvalue weighted by Gasteiger charge is 2.21. The third-order valence-corrected chi connectivity index (χ3v) is 4.40. The van der Waals surface area contributed by atoms with Crippen LogP contribution in [-0.4, -0.2) is 37.5 Å². The van der Waals surface area contributed by atoms with E-state index in [1.807, 2.05) is 6.07 Å². The molecule has 0 N–H and O–H groups in total. The zero-order valence-corrected chi connectivity index (χ0v) is 14.0. The van der Waals surface area contributed by atoms with Crippen molar-refractivity contribution >= 4 is 6.29 Å². The molecule has 4 nitrogen and oxygen atoms in total. The fraction of sp³-hybridized carbons (Fsp3) is 0.350. The monoisotopic (exact) mass is 325 g/mol. The molecular weight excluding hydrogens is 302 g/mol. The lowest BCUT2D eigenvalue weighted by atomic mass is 10.1. The van der Waals surface area contributed by atoms with Gasteiger partial charge in [-0.05, 0) is 36.6 Å². The Balaban J connectivity index is 1.56. The van der Waals surface area contributed by atoms with Gasteiger partial charge in [-0.15, -0.1) is 0 Å². The van der Waals surface area contributed by atoms with Crippen molar-refractivity contribution < 1.29 is 14.3 Å². The lowest BCUT2D eigenvalue weighted by molar-refractivity contribution is 0.0941. The second-order valence-electron chi connectivity index (χ2n) is 6.11. The predicted molar refractivity (Wildman–Crippen MR) is 93.8 cm³/mol. The van der Waals surface area contributed by atoms with Crippen LogP contribution in [0.15, 0.2) is 48.5 Å². The Morgan fingerprint density at radius 3 is 2.50 bits per heavy atom. The summed E-state index contributed by atoms with van der Waals surface area (Å²) in [7, 11) is 1.62. The molecule has 1 fully saturated rings. The third-order valence-electron chi connectivity index (χ3n) is 4.40. The molecule has 126 valence electrons. The number of likely N-dealkylation sites (tertiary alicyclic amines) is 1. The Morgan fingerprint density at radius 2 is 1.83 bits per heavy atom. The molecule has 3 rings (SSSR count). The molecule has 2 aromatic rings. The Bertz CT molecular complexity index is 664. The topological polar surface area (TPSA) is 38.8 Å². The standard InChI is InChI=1S/C20H23NO3/c1-23-19-8-7-17(15-22)13-20(19)24-18-9-11-21(12-10-18)14-16-5-3-2-4-6-16/h2-8,13,15,18H,9-12,14H2,1H3. The summed E-state index contributed by atoms with van der Waals surface area (Å²) in [6, 6.07) is 15.8. The van der Waals surface area contributed by atoms with Gasteiger partial charge in [-0.1, -0.05) is 30.3 Å². The second kappa shape index (κ2) is 7.97. The first-order chi connectivity index (χ1) is 11.8. The number of hydrogen-bond acceptors (Lipinski definition) is 4. The maximum atomic E-state index is 11.0. The predicted octanol–water partition coefficient (Wildman–Crippen LogP) is 3.55. The molecule has 0 bridgehead atoms. The summed E-state index contributed by atoms with van der Waals surface area (Å²) in [5.74, 6) is 1.33. The van der Waals surface area contributed by atoms with E-state index in [-0.39, 0.29) is 6.10 Å². The number of carbonyl (C=O) groups excluding carboxylic acids is 1. The summed E-state index contributed by atoms with van der Waals surface area (Å²) in [6.07, 6.45) is 2.94. The highest BCUT2D eigenvalue weighted by molar-refractivity contribution is 5.76. The van der Waals surface area contributed by atoms with E-state index in [0.717, 1.165) is 38.8 Å². The lowest BCUT2D eigenvalue weighted by Gasteiger charge is -2.32. The first-order valence-electron chi connectivity index (χ1n) is 8.34. The number of ether oxygens (including phenoxy) is 2. The van der Waals surface area contributed by atoms with Crippen molar-refractivity contribution in [2.75, 3.05) is 20.2 Å². The molecule has 0 radical (unpaired) electrons. The van der Waals surface area contributed by atoms with Gasteiger partial charge in [0, 0.05) is 25.2 Å². The largest absolute Gasteiger partial charge is 0.493 e. The van der Waals surface area contributed by atoms with Crippen molar-refractivity contribution in [3.05, 3.63) is 59.7 Å². The van der Waals surface area contributed by atoms with Crippen LogP contribution in [0.2, 0.25) is 0 Å². The SMILES string of the molecule is COc1ccc(C=O)cc1OC1CCN(Cc2ccccc2)CC1. The van der Waals surface area contributed by atoms with E-state index in [1.165, 1.54) is 5.56 Å². The second-order valence-corrected chi connectivity index (χ2v) is 6.11. The molecule has 0 unspecified atom stereocenters. The van der Waals surface area contributed by atoms with Crippen LogP contribution in [0, 0.1) is 0 Å². The summed E-state index contributed by atoms with van der Waals surface area (Å²) >= 11 is 0. The molecule has 1 aliphatic heterocycles. The van der Waals surface area contributed by atoms with Gasteiger partial charge in [0.1, 0.15) is 12.4 Å². The average molecular weight is 325 g/mol. The maximum Gasteiger partial charge on any atom is 0.162 e. The quantitative estimate of drug-likeness (QED) is 0.761. The average Bonchev–Trinajstić information content (AvgIpc) is 2.64. The van der Waals surface area contributed by atoms with Crippen molar-refractivity contribution in [3.63, 3.8) is 0 Å². The van der Waals surface area contributed by atoms with Crippen LogP contribution in [0.4, 0.5) is 0 Å². The number of carbonyl (C=O) groups is 1. The van der Waals surface area contributed by atoms with Crippen LogP contribution in [0.3, 0.4) is 0 Å². The van der Waals surface area contributed by atoms with Gasteiger partial charge >= 0.3 is 0 Å². The van der Waals surface area contributed by atoms with Gasteiger partial charge in [-0.25, -0.2) is 0 Å². The number of rotatable bonds is 6. The summed E-state index contributed by atoms with van der Waals surface area (Å²) in [5, 5.41) is 0. The molecule has 0 atom stereocenters. The lowest BCUT2D eigenvalue weighted by Crippen LogP contribution is -2.37. The molecular formula is C20H23NO3. The summed E-state index contributed by atoms with van der Waals surface area (Å²) in [4.78, 5) is 13.4. The van der Waals surface area contributed by atoms with Crippen molar-refractivity contribution in [3.8, 4) is 11.5 Å². The molecule has 0 spiro atoms. The van der Waals surface area contributed by atoms with Crippen LogP contribution in [-0.2, 0) is 6.54 Å². The summed E-state index contributed by atoms with van der Waals surface area (Å²) < 4.78 is 11.4. The number of hydrogen-bond donors (Lipinski definition) is 0. The van der Waals surface area contributed by atoms with E-state index in [1.54, 1.807) is 25.3 Å². The highest BCUT2D eigenvalue weighted by Crippen LogP contribution is 2.30. The fourth-order valence-electron chi connectivity index (χ4n) is 3.07. The maximum absolute atomic E-state index is 11.0. The first kappa shape index (κ1) is 16.5. The van der Waals surface area contributed by atoms with Crippen LogP contribution < -0.4 is 9.47 Å². The fourth-order valence-corrected chi connectivity index (χ4v) is 3.07. The van der Waals surface area contributed by atoms with Gasteiger partial charge in [0.15, 0.2) is 11.5 Å². The van der Waals surface area contributed by atoms with E-state index < -0.39 is 0 Å². The number of benzene rings is 2. The molecule has 4 heteroatoms. The Kier molecular flexibility index (Phi) is 5.49. The molecule has 24 heavy (non-hydrogen) atoms. The normalized spacial score (nSPS) is 15.9. The summed E-state index contributed by atoms with van der Waals surface area (Å²) in [6.45, 7) is 3.00. The molecule has 1 aliphatic rings. The third kappa shape index (κ3) is 4.15. The molecule has 2 aromatic carbocycles. The van der Waals surface area contributed by atoms with Gasteiger partial charge in [0.2, 0.25) is 0 Å². The summed E-state index contributed by atoms with van der Waals surface area (Å²) in [5.41, 5.74) is 1.95. The van der Waals surface area contributed by atoms with Gasteiger partial charge in [-0.2, -0.15) is 0 Å². The Morgan fingerprint density at radius 1 is 1.08 bits per heavy atom. The van der Waals surface area contributed by atoms with Crippen LogP contribution in [0.25, 0.3) is 0 Å². The van der Waals surface area contributed by atoms with E-state index in [4.69, 9.17) is 9.47 Å². The van der Waals surface area contributed by atoms with Gasteiger partial charge in [0.25, 0.3) is 0 Å². The van der Waals surface area contributed by atoms with Gasteiger partial charge in [-0.3, -0.25) is 9.69 Å². The van der Waals surface area contributed by atoms with Crippen molar-refractivity contribution in [1.29, 1.82) is 0 Å². The smallest absolute Gasteiger partial charge is 0.162 e. The zero-order chi connectivity index (χ0) is 16.8. The van der Waals surface area contributed by atoms with Crippen LogP contribution in [0.1, 0.15) is 28.8 Å². The minimum Gasteiger partial charge on any atom is -0.493 e. The van der Waals surface area contributed by atoms with Crippen LogP contribution >= 0.6 is 0 Å². The molecule has 1 saturated heterocycles. The van der Waals surface area contributed by atoms with E-state index in [2.05, 4.69) is 29.2 Å². The van der Waals surface area contributed by atoms with Crippen molar-refractivity contribution in [2.45, 2.75) is 25.5 Å². The number of piperidine rings is 1. The van der Waals surface area contributed by atoms with E-state index in [9.17, 15) is 4.79 Å². The van der Waals surface area contributed by atoms with Gasteiger partial charge in [0.05, 0.1) is 7.11 Å². The number of methoxy groups -OCH3 is 1.